The van der Waals surface area contributed by atoms with Crippen molar-refractivity contribution in [2.45, 2.75) is 0 Å². The number of benzene rings is 1. The summed E-state index contributed by atoms with van der Waals surface area (Å²) in [5, 5.41) is 18.3. The first kappa shape index (κ1) is 13.6. The third kappa shape index (κ3) is 2.03. The van der Waals surface area contributed by atoms with E-state index in [0.29, 0.717) is 0 Å². The summed E-state index contributed by atoms with van der Waals surface area (Å²) in [6.07, 6.45) is 0. The Balaban J connectivity index is 2.41. The monoisotopic (exact) mass is 302 g/mol. The van der Waals surface area contributed by atoms with Gasteiger partial charge in [0.15, 0.2) is 0 Å². The summed E-state index contributed by atoms with van der Waals surface area (Å²) in [6.45, 7) is 0. The molecule has 3 rings (SSSR count). The van der Waals surface area contributed by atoms with Gasteiger partial charge in [0.2, 0.25) is 0 Å². The van der Waals surface area contributed by atoms with Gasteiger partial charge in [0.05, 0.1) is 0 Å². The molecule has 2 N–H and O–H groups in total. The molecule has 0 unspecified atom stereocenters. The zero-order valence-corrected chi connectivity index (χ0v) is 10.7. The maximum atomic E-state index is 11.5. The first-order valence-electron chi connectivity index (χ1n) is 5.89. The van der Waals surface area contributed by atoms with Crippen molar-refractivity contribution < 1.29 is 28.6 Å². The Labute approximate surface area is 119 Å². The Morgan fingerprint density at radius 3 is 1.50 bits per heavy atom. The van der Waals surface area contributed by atoms with Crippen molar-refractivity contribution in [3.8, 4) is 0 Å². The minimum atomic E-state index is -1.44. The minimum Gasteiger partial charge on any atom is -0.477 e. The number of carboxylic acid groups (broad SMARTS) is 2. The predicted molar refractivity (Wildman–Crippen MR) is 72.4 cm³/mol. The standard InChI is InChI=1S/C14H6O8/c15-11(16)7-2-5-1-6-3-8(12(17)18)14(20)22-10(6)4-9(5)21-13(7)19/h1-4H,(H,15,16)(H,17,18). The van der Waals surface area contributed by atoms with Gasteiger partial charge in [0.25, 0.3) is 0 Å². The van der Waals surface area contributed by atoms with E-state index in [1.807, 2.05) is 0 Å². The summed E-state index contributed by atoms with van der Waals surface area (Å²) in [7, 11) is 0. The molecule has 0 aliphatic carbocycles. The number of rotatable bonds is 2. The van der Waals surface area contributed by atoms with Crippen molar-refractivity contribution in [3.63, 3.8) is 0 Å². The Morgan fingerprint density at radius 2 is 1.14 bits per heavy atom. The van der Waals surface area contributed by atoms with E-state index in [9.17, 15) is 19.2 Å². The highest BCUT2D eigenvalue weighted by Crippen LogP contribution is 2.22. The predicted octanol–water partition coefficient (Wildman–Crippen LogP) is 1.30. The van der Waals surface area contributed by atoms with Crippen LogP contribution in [0.25, 0.3) is 21.9 Å². The van der Waals surface area contributed by atoms with Gasteiger partial charge in [-0.2, -0.15) is 0 Å². The number of hydrogen-bond acceptors (Lipinski definition) is 6. The maximum Gasteiger partial charge on any atom is 0.351 e. The summed E-state index contributed by atoms with van der Waals surface area (Å²) >= 11 is 0. The number of hydrogen-bond donors (Lipinski definition) is 2. The lowest BCUT2D eigenvalue weighted by Crippen LogP contribution is -2.14. The zero-order valence-electron chi connectivity index (χ0n) is 10.7. The van der Waals surface area contributed by atoms with E-state index >= 15 is 0 Å². The fourth-order valence-electron chi connectivity index (χ4n) is 2.03. The number of carbonyl (C=O) groups is 2. The van der Waals surface area contributed by atoms with Gasteiger partial charge in [-0.1, -0.05) is 0 Å². The second kappa shape index (κ2) is 4.55. The minimum absolute atomic E-state index is 0.0220. The largest absolute Gasteiger partial charge is 0.477 e. The molecule has 3 aromatic rings. The van der Waals surface area contributed by atoms with Crippen molar-refractivity contribution in [1.29, 1.82) is 0 Å². The molecular weight excluding hydrogens is 296 g/mol. The quantitative estimate of drug-likeness (QED) is 0.534. The van der Waals surface area contributed by atoms with Crippen molar-refractivity contribution in [2.24, 2.45) is 0 Å². The fraction of sp³-hybridized carbons (Fsp3) is 0. The van der Waals surface area contributed by atoms with Crippen molar-refractivity contribution in [1.82, 2.24) is 0 Å². The molecule has 0 atom stereocenters. The van der Waals surface area contributed by atoms with E-state index in [1.54, 1.807) is 0 Å². The summed E-state index contributed by atoms with van der Waals surface area (Å²) < 4.78 is 9.73. The highest BCUT2D eigenvalue weighted by molar-refractivity contribution is 5.98. The van der Waals surface area contributed by atoms with Gasteiger partial charge >= 0.3 is 23.2 Å². The lowest BCUT2D eigenvalue weighted by Gasteiger charge is -2.02. The van der Waals surface area contributed by atoms with Gasteiger partial charge in [0, 0.05) is 16.8 Å². The molecule has 8 heteroatoms. The van der Waals surface area contributed by atoms with Crippen LogP contribution in [0.3, 0.4) is 0 Å². The van der Waals surface area contributed by atoms with Crippen LogP contribution in [0.15, 0.2) is 42.7 Å². The van der Waals surface area contributed by atoms with Crippen LogP contribution in [0.5, 0.6) is 0 Å². The molecule has 0 spiro atoms. The van der Waals surface area contributed by atoms with Crippen molar-refractivity contribution >= 4 is 33.9 Å². The zero-order chi connectivity index (χ0) is 16.0. The molecule has 0 saturated carbocycles. The van der Waals surface area contributed by atoms with Crippen molar-refractivity contribution in [3.05, 3.63) is 56.2 Å². The molecule has 110 valence electrons. The lowest BCUT2D eigenvalue weighted by molar-refractivity contribution is 0.0681. The van der Waals surface area contributed by atoms with Crippen molar-refractivity contribution in [2.75, 3.05) is 0 Å². The Bertz CT molecular complexity index is 987. The second-order valence-corrected chi connectivity index (χ2v) is 4.43. The molecule has 0 radical (unpaired) electrons. The van der Waals surface area contributed by atoms with Crippen LogP contribution >= 0.6 is 0 Å². The normalized spacial score (nSPS) is 10.9. The number of carboxylic acids is 2. The van der Waals surface area contributed by atoms with E-state index in [1.165, 1.54) is 12.1 Å². The van der Waals surface area contributed by atoms with Crippen LogP contribution in [0, 0.1) is 0 Å². The first-order chi connectivity index (χ1) is 10.4. The highest BCUT2D eigenvalue weighted by atomic mass is 16.4. The molecule has 0 aliphatic heterocycles. The molecule has 2 aromatic heterocycles. The number of aromatic carboxylic acids is 2. The molecule has 8 nitrogen and oxygen atoms in total. The van der Waals surface area contributed by atoms with Gasteiger partial charge in [0.1, 0.15) is 22.3 Å². The Kier molecular flexibility index (Phi) is 2.81. The van der Waals surface area contributed by atoms with E-state index in [-0.39, 0.29) is 21.9 Å². The molecule has 1 aromatic carbocycles. The van der Waals surface area contributed by atoms with Gasteiger partial charge in [-0.15, -0.1) is 0 Å². The van der Waals surface area contributed by atoms with Crippen LogP contribution in [-0.4, -0.2) is 22.2 Å². The lowest BCUT2D eigenvalue weighted by atomic mass is 10.1. The fourth-order valence-corrected chi connectivity index (χ4v) is 2.03. The SMILES string of the molecule is O=C(O)c1cc2cc3cc(C(=O)O)c(=O)oc3cc2oc1=O. The van der Waals surface area contributed by atoms with Crippen LogP contribution in [-0.2, 0) is 0 Å². The summed E-state index contributed by atoms with van der Waals surface area (Å²) in [5.74, 6) is -2.89. The molecule has 0 saturated heterocycles. The van der Waals surface area contributed by atoms with Gasteiger partial charge in [-0.25, -0.2) is 19.2 Å². The van der Waals surface area contributed by atoms with E-state index in [4.69, 9.17) is 19.0 Å². The molecule has 0 fully saturated rings. The molecule has 22 heavy (non-hydrogen) atoms. The third-order valence-corrected chi connectivity index (χ3v) is 3.05. The van der Waals surface area contributed by atoms with Gasteiger partial charge in [-0.05, 0) is 18.2 Å². The van der Waals surface area contributed by atoms with E-state index in [0.717, 1.165) is 12.1 Å². The van der Waals surface area contributed by atoms with Crippen LogP contribution < -0.4 is 11.3 Å². The number of fused-ring (bicyclic) bond motifs is 2. The Hall–Kier alpha value is -3.42. The summed E-state index contributed by atoms with van der Waals surface area (Å²) in [4.78, 5) is 44.8. The van der Waals surface area contributed by atoms with E-state index in [2.05, 4.69) is 0 Å². The summed E-state index contributed by atoms with van der Waals surface area (Å²) in [6, 6.07) is 4.81. The average Bonchev–Trinajstić information content (AvgIpc) is 2.43. The third-order valence-electron chi connectivity index (χ3n) is 3.05. The first-order valence-corrected chi connectivity index (χ1v) is 5.89. The molecule has 0 aliphatic rings. The van der Waals surface area contributed by atoms with E-state index < -0.39 is 34.3 Å². The average molecular weight is 302 g/mol. The smallest absolute Gasteiger partial charge is 0.351 e. The Morgan fingerprint density at radius 1 is 0.727 bits per heavy atom. The van der Waals surface area contributed by atoms with Crippen LogP contribution in [0.2, 0.25) is 0 Å². The maximum absolute atomic E-state index is 11.5. The molecule has 0 bridgehead atoms. The van der Waals surface area contributed by atoms with Gasteiger partial charge in [-0.3, -0.25) is 0 Å². The second-order valence-electron chi connectivity index (χ2n) is 4.43. The molecule has 0 amide bonds. The molecular formula is C14H6O8. The topological polar surface area (TPSA) is 135 Å². The molecule has 2 heterocycles. The van der Waals surface area contributed by atoms with Gasteiger partial charge < -0.3 is 19.0 Å². The van der Waals surface area contributed by atoms with Crippen LogP contribution in [0.1, 0.15) is 20.7 Å². The highest BCUT2D eigenvalue weighted by Gasteiger charge is 2.16. The van der Waals surface area contributed by atoms with Crippen LogP contribution in [0.4, 0.5) is 0 Å². The summed E-state index contributed by atoms with van der Waals surface area (Å²) in [5.41, 5.74) is -3.14.